The Labute approximate surface area is 90.5 Å². The van der Waals surface area contributed by atoms with Gasteiger partial charge in [-0.15, -0.1) is 0 Å². The number of hydrogen-bond donors (Lipinski definition) is 0. The lowest BCUT2D eigenvalue weighted by Crippen LogP contribution is -2.17. The second-order valence-electron chi connectivity index (χ2n) is 2.83. The summed E-state index contributed by atoms with van der Waals surface area (Å²) in [5.74, 6) is -4.29. The van der Waals surface area contributed by atoms with Crippen molar-refractivity contribution in [2.24, 2.45) is 0 Å². The molecule has 16 heavy (non-hydrogen) atoms. The summed E-state index contributed by atoms with van der Waals surface area (Å²) in [5.41, 5.74) is -0.428. The first kappa shape index (κ1) is 12.0. The number of nitriles is 1. The normalized spacial score (nSPS) is 11.6. The highest BCUT2D eigenvalue weighted by molar-refractivity contribution is 5.80. The lowest BCUT2D eigenvalue weighted by molar-refractivity contribution is -0.143. The molecule has 0 fully saturated rings. The second kappa shape index (κ2) is 5.16. The Balaban J connectivity index is 3.05. The first-order chi connectivity index (χ1) is 7.60. The highest BCUT2D eigenvalue weighted by Gasteiger charge is 2.26. The van der Waals surface area contributed by atoms with E-state index in [1.54, 1.807) is 13.0 Å². The van der Waals surface area contributed by atoms with Crippen LogP contribution >= 0.6 is 0 Å². The van der Waals surface area contributed by atoms with E-state index in [0.717, 1.165) is 6.20 Å². The van der Waals surface area contributed by atoms with Crippen LogP contribution in [0.3, 0.4) is 0 Å². The van der Waals surface area contributed by atoms with Crippen LogP contribution < -0.4 is 0 Å². The molecule has 0 spiro atoms. The molecule has 1 atom stereocenters. The van der Waals surface area contributed by atoms with Crippen LogP contribution in [0.1, 0.15) is 18.5 Å². The zero-order chi connectivity index (χ0) is 12.1. The Bertz CT molecular complexity index is 443. The number of ether oxygens (including phenoxy) is 1. The van der Waals surface area contributed by atoms with E-state index in [2.05, 4.69) is 9.72 Å². The van der Waals surface area contributed by atoms with E-state index in [4.69, 9.17) is 5.26 Å². The van der Waals surface area contributed by atoms with Crippen molar-refractivity contribution in [2.45, 2.75) is 12.8 Å². The van der Waals surface area contributed by atoms with Gasteiger partial charge in [0.05, 0.1) is 18.9 Å². The summed E-state index contributed by atoms with van der Waals surface area (Å²) in [6.45, 7) is 1.63. The SMILES string of the molecule is CCOC(=O)C(C#N)c1ncc(F)cc1F. The van der Waals surface area contributed by atoms with Crippen LogP contribution in [0.15, 0.2) is 12.3 Å². The molecule has 1 aromatic heterocycles. The molecule has 0 aliphatic rings. The number of halogens is 2. The van der Waals surface area contributed by atoms with Crippen molar-refractivity contribution in [3.8, 4) is 6.07 Å². The van der Waals surface area contributed by atoms with Crippen molar-refractivity contribution in [1.82, 2.24) is 4.98 Å². The third kappa shape index (κ3) is 2.51. The van der Waals surface area contributed by atoms with Gasteiger partial charge in [0.2, 0.25) is 0 Å². The van der Waals surface area contributed by atoms with Gasteiger partial charge in [-0.05, 0) is 6.92 Å². The van der Waals surface area contributed by atoms with Crippen LogP contribution in [0.4, 0.5) is 8.78 Å². The lowest BCUT2D eigenvalue weighted by Gasteiger charge is -2.08. The third-order valence-corrected chi connectivity index (χ3v) is 1.76. The van der Waals surface area contributed by atoms with E-state index in [-0.39, 0.29) is 6.61 Å². The van der Waals surface area contributed by atoms with Crippen molar-refractivity contribution in [3.63, 3.8) is 0 Å². The van der Waals surface area contributed by atoms with E-state index >= 15 is 0 Å². The summed E-state index contributed by atoms with van der Waals surface area (Å²) in [5, 5.41) is 8.72. The van der Waals surface area contributed by atoms with Crippen LogP contribution in [-0.2, 0) is 9.53 Å². The first-order valence-electron chi connectivity index (χ1n) is 4.47. The third-order valence-electron chi connectivity index (χ3n) is 1.76. The summed E-state index contributed by atoms with van der Waals surface area (Å²) in [6.07, 6.45) is 0.738. The predicted octanol–water partition coefficient (Wildman–Crippen LogP) is 1.53. The van der Waals surface area contributed by atoms with Crippen molar-refractivity contribution in [2.75, 3.05) is 6.61 Å². The number of carbonyl (C=O) groups excluding carboxylic acids is 1. The maximum atomic E-state index is 13.2. The van der Waals surface area contributed by atoms with Gasteiger partial charge in [0.1, 0.15) is 17.3 Å². The largest absolute Gasteiger partial charge is 0.465 e. The first-order valence-corrected chi connectivity index (χ1v) is 4.47. The molecule has 84 valence electrons. The summed E-state index contributed by atoms with van der Waals surface area (Å²) in [7, 11) is 0. The average molecular weight is 226 g/mol. The summed E-state index contributed by atoms with van der Waals surface area (Å²) >= 11 is 0. The molecule has 4 nitrogen and oxygen atoms in total. The molecular formula is C10H8F2N2O2. The number of pyridine rings is 1. The van der Waals surface area contributed by atoms with E-state index in [0.29, 0.717) is 6.07 Å². The molecule has 0 aliphatic heterocycles. The minimum Gasteiger partial charge on any atom is -0.465 e. The molecule has 0 amide bonds. The molecule has 0 aliphatic carbocycles. The summed E-state index contributed by atoms with van der Waals surface area (Å²) < 4.78 is 30.4. The molecule has 1 heterocycles. The number of hydrogen-bond acceptors (Lipinski definition) is 4. The number of esters is 1. The van der Waals surface area contributed by atoms with Crippen LogP contribution in [0.25, 0.3) is 0 Å². The van der Waals surface area contributed by atoms with Gasteiger partial charge in [-0.25, -0.2) is 8.78 Å². The molecule has 1 unspecified atom stereocenters. The maximum Gasteiger partial charge on any atom is 0.329 e. The zero-order valence-corrected chi connectivity index (χ0v) is 8.41. The minimum absolute atomic E-state index is 0.0693. The van der Waals surface area contributed by atoms with Gasteiger partial charge in [-0.3, -0.25) is 9.78 Å². The summed E-state index contributed by atoms with van der Waals surface area (Å²) in [4.78, 5) is 14.6. The van der Waals surface area contributed by atoms with Crippen LogP contribution in [-0.4, -0.2) is 17.6 Å². The fraction of sp³-hybridized carbons (Fsp3) is 0.300. The topological polar surface area (TPSA) is 63.0 Å². The van der Waals surface area contributed by atoms with Crippen molar-refractivity contribution in [1.29, 1.82) is 5.26 Å². The van der Waals surface area contributed by atoms with Crippen molar-refractivity contribution >= 4 is 5.97 Å². The smallest absolute Gasteiger partial charge is 0.329 e. The van der Waals surface area contributed by atoms with Crippen LogP contribution in [0, 0.1) is 23.0 Å². The highest BCUT2D eigenvalue weighted by atomic mass is 19.1. The Kier molecular flexibility index (Phi) is 3.89. The number of aromatic nitrogens is 1. The predicted molar refractivity (Wildman–Crippen MR) is 49.1 cm³/mol. The Hall–Kier alpha value is -2.03. The van der Waals surface area contributed by atoms with E-state index in [9.17, 15) is 13.6 Å². The van der Waals surface area contributed by atoms with Gasteiger partial charge in [0, 0.05) is 6.07 Å². The fourth-order valence-electron chi connectivity index (χ4n) is 1.09. The molecule has 1 aromatic rings. The second-order valence-corrected chi connectivity index (χ2v) is 2.83. The number of carbonyl (C=O) groups is 1. The quantitative estimate of drug-likeness (QED) is 0.733. The molecule has 0 saturated heterocycles. The van der Waals surface area contributed by atoms with Gasteiger partial charge in [0.25, 0.3) is 0 Å². The number of nitrogens with zero attached hydrogens (tertiary/aromatic N) is 2. The zero-order valence-electron chi connectivity index (χ0n) is 8.41. The minimum atomic E-state index is -1.47. The molecule has 0 saturated carbocycles. The standard InChI is InChI=1S/C10H8F2N2O2/c1-2-16-10(15)7(4-13)9-8(12)3-6(11)5-14-9/h3,5,7H,2H2,1H3. The van der Waals surface area contributed by atoms with Gasteiger partial charge >= 0.3 is 5.97 Å². The fourth-order valence-corrected chi connectivity index (χ4v) is 1.09. The summed E-state index contributed by atoms with van der Waals surface area (Å²) in [6, 6.07) is 2.13. The Morgan fingerprint density at radius 1 is 1.69 bits per heavy atom. The van der Waals surface area contributed by atoms with Crippen LogP contribution in [0.5, 0.6) is 0 Å². The molecule has 0 radical (unpaired) electrons. The van der Waals surface area contributed by atoms with E-state index in [1.807, 2.05) is 0 Å². The molecule has 1 rings (SSSR count). The average Bonchev–Trinajstić information content (AvgIpc) is 2.22. The van der Waals surface area contributed by atoms with Gasteiger partial charge in [-0.2, -0.15) is 5.26 Å². The van der Waals surface area contributed by atoms with Crippen molar-refractivity contribution < 1.29 is 18.3 Å². The number of rotatable bonds is 3. The monoisotopic (exact) mass is 226 g/mol. The highest BCUT2D eigenvalue weighted by Crippen LogP contribution is 2.18. The molecule has 0 N–H and O–H groups in total. The molecule has 6 heteroatoms. The Morgan fingerprint density at radius 3 is 2.88 bits per heavy atom. The molecular weight excluding hydrogens is 218 g/mol. The van der Waals surface area contributed by atoms with Gasteiger partial charge in [0.15, 0.2) is 5.92 Å². The van der Waals surface area contributed by atoms with E-state index in [1.165, 1.54) is 0 Å². The molecule has 0 bridgehead atoms. The molecule has 0 aromatic carbocycles. The van der Waals surface area contributed by atoms with Crippen LogP contribution in [0.2, 0.25) is 0 Å². The van der Waals surface area contributed by atoms with E-state index < -0.39 is 29.2 Å². The maximum absolute atomic E-state index is 13.2. The Morgan fingerprint density at radius 2 is 2.38 bits per heavy atom. The van der Waals surface area contributed by atoms with Crippen molar-refractivity contribution in [3.05, 3.63) is 29.6 Å². The van der Waals surface area contributed by atoms with Gasteiger partial charge in [-0.1, -0.05) is 0 Å². The van der Waals surface area contributed by atoms with Gasteiger partial charge < -0.3 is 4.74 Å². The lowest BCUT2D eigenvalue weighted by atomic mass is 10.1.